The van der Waals surface area contributed by atoms with Gasteiger partial charge >= 0.3 is 0 Å². The first kappa shape index (κ1) is 14.8. The van der Waals surface area contributed by atoms with Gasteiger partial charge in [0.1, 0.15) is 0 Å². The number of nitrogens with one attached hydrogen (secondary N) is 1. The Morgan fingerprint density at radius 1 is 1.42 bits per heavy atom. The number of carbonyl (C=O) groups is 1. The van der Waals surface area contributed by atoms with Crippen molar-refractivity contribution in [2.45, 2.75) is 64.6 Å². The highest BCUT2D eigenvalue weighted by Crippen LogP contribution is 2.29. The topological polar surface area (TPSA) is 41.6 Å². The molecule has 2 atom stereocenters. The zero-order chi connectivity index (χ0) is 13.9. The van der Waals surface area contributed by atoms with Crippen LogP contribution in [0.1, 0.15) is 52.9 Å². The van der Waals surface area contributed by atoms with Crippen molar-refractivity contribution >= 4 is 5.91 Å². The van der Waals surface area contributed by atoms with Gasteiger partial charge in [-0.2, -0.15) is 0 Å². The van der Waals surface area contributed by atoms with Gasteiger partial charge in [0.15, 0.2) is 0 Å². The molecule has 1 N–H and O–H groups in total. The maximum absolute atomic E-state index is 12.5. The monoisotopic (exact) mass is 268 g/mol. The summed E-state index contributed by atoms with van der Waals surface area (Å²) in [6.07, 6.45) is 5.76. The molecule has 0 aromatic heterocycles. The molecule has 0 spiro atoms. The van der Waals surface area contributed by atoms with E-state index in [1.807, 2.05) is 11.8 Å². The summed E-state index contributed by atoms with van der Waals surface area (Å²) in [5.74, 6) is 1.03. The molecule has 0 aromatic carbocycles. The van der Waals surface area contributed by atoms with Gasteiger partial charge in [0.05, 0.1) is 18.3 Å². The fourth-order valence-corrected chi connectivity index (χ4v) is 2.68. The number of rotatable bonds is 8. The Morgan fingerprint density at radius 2 is 2.16 bits per heavy atom. The van der Waals surface area contributed by atoms with Crippen molar-refractivity contribution < 1.29 is 9.53 Å². The standard InChI is InChI=1S/C15H28N2O2/c1-4-6-13-16-15(3,5-2)14(18)17(13)9-10-19-11-12-7-8-12/h12-13,16H,4-11H2,1-3H3. The second-order valence-electron chi connectivity index (χ2n) is 6.15. The van der Waals surface area contributed by atoms with Crippen LogP contribution in [0.25, 0.3) is 0 Å². The minimum Gasteiger partial charge on any atom is -0.379 e. The maximum atomic E-state index is 12.5. The van der Waals surface area contributed by atoms with Crippen LogP contribution in [0.4, 0.5) is 0 Å². The summed E-state index contributed by atoms with van der Waals surface area (Å²) in [6.45, 7) is 8.52. The van der Waals surface area contributed by atoms with Gasteiger partial charge in [-0.3, -0.25) is 10.1 Å². The third-order valence-electron chi connectivity index (χ3n) is 4.39. The van der Waals surface area contributed by atoms with Crippen molar-refractivity contribution in [1.82, 2.24) is 10.2 Å². The molecule has 0 radical (unpaired) electrons. The zero-order valence-electron chi connectivity index (χ0n) is 12.6. The van der Waals surface area contributed by atoms with Crippen molar-refractivity contribution in [2.75, 3.05) is 19.8 Å². The normalized spacial score (nSPS) is 31.2. The van der Waals surface area contributed by atoms with Gasteiger partial charge < -0.3 is 9.64 Å². The first-order valence-corrected chi connectivity index (χ1v) is 7.77. The predicted molar refractivity (Wildman–Crippen MR) is 75.8 cm³/mol. The second kappa shape index (κ2) is 6.23. The smallest absolute Gasteiger partial charge is 0.243 e. The molecule has 1 aliphatic carbocycles. The van der Waals surface area contributed by atoms with Gasteiger partial charge in [0.25, 0.3) is 0 Å². The van der Waals surface area contributed by atoms with Crippen molar-refractivity contribution in [3.8, 4) is 0 Å². The zero-order valence-corrected chi connectivity index (χ0v) is 12.6. The molecule has 2 fully saturated rings. The molecule has 110 valence electrons. The molecule has 2 aliphatic rings. The second-order valence-corrected chi connectivity index (χ2v) is 6.15. The molecular weight excluding hydrogens is 240 g/mol. The summed E-state index contributed by atoms with van der Waals surface area (Å²) in [5.41, 5.74) is -0.379. The molecule has 2 unspecified atom stereocenters. The summed E-state index contributed by atoms with van der Waals surface area (Å²) >= 11 is 0. The van der Waals surface area contributed by atoms with Gasteiger partial charge in [-0.25, -0.2) is 0 Å². The van der Waals surface area contributed by atoms with Crippen LogP contribution in [0.3, 0.4) is 0 Å². The average molecular weight is 268 g/mol. The Hall–Kier alpha value is -0.610. The fourth-order valence-electron chi connectivity index (χ4n) is 2.68. The molecule has 2 rings (SSSR count). The van der Waals surface area contributed by atoms with E-state index in [1.54, 1.807) is 0 Å². The largest absolute Gasteiger partial charge is 0.379 e. The molecule has 4 nitrogen and oxygen atoms in total. The van der Waals surface area contributed by atoms with Gasteiger partial charge in [0.2, 0.25) is 5.91 Å². The molecule has 1 saturated carbocycles. The average Bonchev–Trinajstić information content (AvgIpc) is 3.18. The molecular formula is C15H28N2O2. The molecule has 1 aliphatic heterocycles. The minimum absolute atomic E-state index is 0.187. The molecule has 4 heteroatoms. The number of amides is 1. The number of hydrogen-bond acceptors (Lipinski definition) is 3. The van der Waals surface area contributed by atoms with E-state index in [4.69, 9.17) is 4.74 Å². The summed E-state index contributed by atoms with van der Waals surface area (Å²) in [5, 5.41) is 3.50. The highest BCUT2D eigenvalue weighted by Gasteiger charge is 2.45. The van der Waals surface area contributed by atoms with Crippen molar-refractivity contribution in [2.24, 2.45) is 5.92 Å². The number of ether oxygens (including phenoxy) is 1. The third kappa shape index (κ3) is 3.48. The van der Waals surface area contributed by atoms with Gasteiger partial charge in [-0.1, -0.05) is 20.3 Å². The van der Waals surface area contributed by atoms with Crippen molar-refractivity contribution in [1.29, 1.82) is 0 Å². The lowest BCUT2D eigenvalue weighted by molar-refractivity contribution is -0.133. The highest BCUT2D eigenvalue weighted by molar-refractivity contribution is 5.88. The molecule has 1 heterocycles. The van der Waals surface area contributed by atoms with Crippen LogP contribution in [-0.2, 0) is 9.53 Å². The number of carbonyl (C=O) groups excluding carboxylic acids is 1. The van der Waals surface area contributed by atoms with E-state index in [9.17, 15) is 4.79 Å². The van der Waals surface area contributed by atoms with E-state index >= 15 is 0 Å². The summed E-state index contributed by atoms with van der Waals surface area (Å²) < 4.78 is 5.67. The van der Waals surface area contributed by atoms with Crippen molar-refractivity contribution in [3.63, 3.8) is 0 Å². The number of nitrogens with zero attached hydrogens (tertiary/aromatic N) is 1. The first-order valence-electron chi connectivity index (χ1n) is 7.77. The van der Waals surface area contributed by atoms with Gasteiger partial charge in [0, 0.05) is 13.2 Å². The first-order chi connectivity index (χ1) is 9.10. The van der Waals surface area contributed by atoms with E-state index < -0.39 is 0 Å². The quantitative estimate of drug-likeness (QED) is 0.686. The lowest BCUT2D eigenvalue weighted by atomic mass is 9.99. The Kier molecular flexibility index (Phi) is 4.85. The Morgan fingerprint density at radius 3 is 2.74 bits per heavy atom. The number of hydrogen-bond donors (Lipinski definition) is 1. The SMILES string of the molecule is CCCC1NC(C)(CC)C(=O)N1CCOCC1CC1. The third-order valence-corrected chi connectivity index (χ3v) is 4.39. The van der Waals surface area contributed by atoms with Gasteiger partial charge in [-0.15, -0.1) is 0 Å². The van der Waals surface area contributed by atoms with E-state index in [0.29, 0.717) is 6.61 Å². The van der Waals surface area contributed by atoms with Crippen LogP contribution < -0.4 is 5.32 Å². The van der Waals surface area contributed by atoms with E-state index in [-0.39, 0.29) is 17.6 Å². The summed E-state index contributed by atoms with van der Waals surface area (Å²) in [4.78, 5) is 14.5. The summed E-state index contributed by atoms with van der Waals surface area (Å²) in [7, 11) is 0. The highest BCUT2D eigenvalue weighted by atomic mass is 16.5. The van der Waals surface area contributed by atoms with Crippen molar-refractivity contribution in [3.05, 3.63) is 0 Å². The van der Waals surface area contributed by atoms with Crippen LogP contribution in [0.5, 0.6) is 0 Å². The molecule has 1 saturated heterocycles. The predicted octanol–water partition coefficient (Wildman–Crippen LogP) is 2.14. The molecule has 19 heavy (non-hydrogen) atoms. The van der Waals surface area contributed by atoms with Crippen LogP contribution in [0, 0.1) is 5.92 Å². The van der Waals surface area contributed by atoms with E-state index in [1.165, 1.54) is 12.8 Å². The molecule has 0 aromatic rings. The maximum Gasteiger partial charge on any atom is 0.243 e. The van der Waals surface area contributed by atoms with Crippen LogP contribution in [0.2, 0.25) is 0 Å². The lowest BCUT2D eigenvalue weighted by Gasteiger charge is -2.23. The Labute approximate surface area is 116 Å². The lowest BCUT2D eigenvalue weighted by Crippen LogP contribution is -2.43. The minimum atomic E-state index is -0.379. The Bertz CT molecular complexity index is 317. The van der Waals surface area contributed by atoms with Crippen LogP contribution >= 0.6 is 0 Å². The van der Waals surface area contributed by atoms with E-state index in [2.05, 4.69) is 19.2 Å². The van der Waals surface area contributed by atoms with Crippen LogP contribution in [-0.4, -0.2) is 42.3 Å². The van der Waals surface area contributed by atoms with Gasteiger partial charge in [-0.05, 0) is 38.5 Å². The Balaban J connectivity index is 1.84. The van der Waals surface area contributed by atoms with Crippen LogP contribution in [0.15, 0.2) is 0 Å². The molecule has 1 amide bonds. The fraction of sp³-hybridized carbons (Fsp3) is 0.933. The van der Waals surface area contributed by atoms with E-state index in [0.717, 1.165) is 38.3 Å². The summed E-state index contributed by atoms with van der Waals surface area (Å²) in [6, 6.07) is 0. The molecule has 0 bridgehead atoms.